The summed E-state index contributed by atoms with van der Waals surface area (Å²) in [6.07, 6.45) is 4.37. The van der Waals surface area contributed by atoms with E-state index in [0.29, 0.717) is 12.5 Å². The largest absolute Gasteiger partial charge is 0.466 e. The Morgan fingerprint density at radius 3 is 2.84 bits per heavy atom. The maximum Gasteiger partial charge on any atom is 0.309 e. The lowest BCUT2D eigenvalue weighted by molar-refractivity contribution is -0.144. The van der Waals surface area contributed by atoms with E-state index >= 15 is 0 Å². The predicted molar refractivity (Wildman–Crippen MR) is 71.5 cm³/mol. The number of rotatable bonds is 4. The molecule has 19 heavy (non-hydrogen) atoms. The van der Waals surface area contributed by atoms with E-state index < -0.39 is 0 Å². The average molecular weight is 256 g/mol. The predicted octanol–water partition coefficient (Wildman–Crippen LogP) is 2.74. The number of esters is 1. The van der Waals surface area contributed by atoms with Crippen LogP contribution in [0.5, 0.6) is 0 Å². The number of hydrogen-bond donors (Lipinski definition) is 1. The van der Waals surface area contributed by atoms with E-state index in [2.05, 4.69) is 34.2 Å². The molecule has 1 aliphatic carbocycles. The molecule has 0 radical (unpaired) electrons. The van der Waals surface area contributed by atoms with Gasteiger partial charge >= 0.3 is 5.97 Å². The van der Waals surface area contributed by atoms with Crippen LogP contribution in [-0.4, -0.2) is 22.5 Å². The zero-order valence-corrected chi connectivity index (χ0v) is 10.8. The van der Waals surface area contributed by atoms with Crippen molar-refractivity contribution in [3.05, 3.63) is 42.4 Å². The molecule has 0 bridgehead atoms. The third-order valence-electron chi connectivity index (χ3n) is 3.53. The van der Waals surface area contributed by atoms with Gasteiger partial charge in [0.1, 0.15) is 0 Å². The zero-order chi connectivity index (χ0) is 13.2. The summed E-state index contributed by atoms with van der Waals surface area (Å²) >= 11 is 0. The Labute approximate surface area is 111 Å². The number of imidazole rings is 1. The lowest BCUT2D eigenvalue weighted by Crippen LogP contribution is -2.07. The van der Waals surface area contributed by atoms with Crippen LogP contribution in [0.25, 0.3) is 11.3 Å². The monoisotopic (exact) mass is 256 g/mol. The minimum Gasteiger partial charge on any atom is -0.466 e. The number of hydrogen-bond acceptors (Lipinski definition) is 3. The summed E-state index contributed by atoms with van der Waals surface area (Å²) in [5.74, 6) is 0.318. The minimum atomic E-state index is -0.0647. The van der Waals surface area contributed by atoms with Gasteiger partial charge in [0.25, 0.3) is 0 Å². The van der Waals surface area contributed by atoms with Crippen molar-refractivity contribution < 1.29 is 9.53 Å². The Bertz CT molecular complexity index is 560. The Balaban J connectivity index is 1.70. The number of nitrogens with zero attached hydrogens (tertiary/aromatic N) is 1. The molecule has 1 aromatic heterocycles. The fourth-order valence-electron chi connectivity index (χ4n) is 2.40. The van der Waals surface area contributed by atoms with Crippen LogP contribution in [0.2, 0.25) is 0 Å². The molecule has 2 aromatic rings. The maximum absolute atomic E-state index is 11.6. The highest BCUT2D eigenvalue weighted by molar-refractivity contribution is 5.77. The van der Waals surface area contributed by atoms with Crippen molar-refractivity contribution in [2.24, 2.45) is 5.92 Å². The topological polar surface area (TPSA) is 55.0 Å². The third kappa shape index (κ3) is 2.38. The van der Waals surface area contributed by atoms with E-state index in [1.54, 1.807) is 12.5 Å². The standard InChI is InChI=1S/C15H16N2O2/c1-2-19-15(18)13-7-12(13)10-3-5-11(6-4-10)14-8-16-9-17-14/h3-6,8-9,12-13H,2,7H2,1H3,(H,16,17)/t12-,13+/m0/s1. The van der Waals surface area contributed by atoms with Crippen molar-refractivity contribution in [3.63, 3.8) is 0 Å². The van der Waals surface area contributed by atoms with Crippen LogP contribution >= 0.6 is 0 Å². The van der Waals surface area contributed by atoms with Crippen LogP contribution in [0, 0.1) is 5.92 Å². The summed E-state index contributed by atoms with van der Waals surface area (Å²) in [6, 6.07) is 8.28. The summed E-state index contributed by atoms with van der Waals surface area (Å²) in [6.45, 7) is 2.30. The van der Waals surface area contributed by atoms with Crippen molar-refractivity contribution in [1.29, 1.82) is 0 Å². The van der Waals surface area contributed by atoms with Gasteiger partial charge in [-0.25, -0.2) is 4.98 Å². The van der Waals surface area contributed by atoms with Gasteiger partial charge in [0.15, 0.2) is 0 Å². The van der Waals surface area contributed by atoms with E-state index in [1.165, 1.54) is 5.56 Å². The molecular formula is C15H16N2O2. The molecule has 1 fully saturated rings. The van der Waals surface area contributed by atoms with E-state index in [0.717, 1.165) is 17.7 Å². The molecule has 0 aliphatic heterocycles. The quantitative estimate of drug-likeness (QED) is 0.856. The number of H-pyrrole nitrogens is 1. The molecule has 1 saturated carbocycles. The van der Waals surface area contributed by atoms with E-state index in [-0.39, 0.29) is 11.9 Å². The third-order valence-corrected chi connectivity index (χ3v) is 3.53. The van der Waals surface area contributed by atoms with Crippen LogP contribution in [0.15, 0.2) is 36.8 Å². The normalized spacial score (nSPS) is 21.1. The maximum atomic E-state index is 11.6. The molecule has 1 N–H and O–H groups in total. The molecule has 0 unspecified atom stereocenters. The highest BCUT2D eigenvalue weighted by Crippen LogP contribution is 2.48. The molecular weight excluding hydrogens is 240 g/mol. The fraction of sp³-hybridized carbons (Fsp3) is 0.333. The summed E-state index contributed by atoms with van der Waals surface area (Å²) in [7, 11) is 0. The molecule has 0 amide bonds. The van der Waals surface area contributed by atoms with Crippen molar-refractivity contribution in [2.75, 3.05) is 6.61 Å². The second-order valence-electron chi connectivity index (χ2n) is 4.79. The molecule has 1 aromatic carbocycles. The molecule has 1 heterocycles. The molecule has 0 saturated heterocycles. The van der Waals surface area contributed by atoms with E-state index in [1.807, 2.05) is 6.92 Å². The number of carbonyl (C=O) groups is 1. The number of aromatic nitrogens is 2. The van der Waals surface area contributed by atoms with Gasteiger partial charge in [0.2, 0.25) is 0 Å². The van der Waals surface area contributed by atoms with Crippen molar-refractivity contribution >= 4 is 5.97 Å². The Morgan fingerprint density at radius 1 is 1.42 bits per heavy atom. The van der Waals surface area contributed by atoms with Gasteiger partial charge < -0.3 is 9.72 Å². The minimum absolute atomic E-state index is 0.0537. The van der Waals surface area contributed by atoms with Gasteiger partial charge in [0, 0.05) is 0 Å². The van der Waals surface area contributed by atoms with E-state index in [4.69, 9.17) is 4.74 Å². The van der Waals surface area contributed by atoms with Gasteiger partial charge in [-0.2, -0.15) is 0 Å². The first-order chi connectivity index (χ1) is 9.29. The second-order valence-corrected chi connectivity index (χ2v) is 4.79. The van der Waals surface area contributed by atoms with Gasteiger partial charge in [-0.1, -0.05) is 24.3 Å². The molecule has 1 aliphatic rings. The first kappa shape index (κ1) is 12.0. The van der Waals surface area contributed by atoms with Gasteiger partial charge in [-0.3, -0.25) is 4.79 Å². The zero-order valence-electron chi connectivity index (χ0n) is 10.8. The second kappa shape index (κ2) is 4.88. The van der Waals surface area contributed by atoms with Crippen LogP contribution in [-0.2, 0) is 9.53 Å². The SMILES string of the molecule is CCOC(=O)[C@@H]1C[C@H]1c1ccc(-c2cnc[nH]2)cc1. The van der Waals surface area contributed by atoms with Crippen molar-refractivity contribution in [1.82, 2.24) is 9.97 Å². The van der Waals surface area contributed by atoms with Crippen LogP contribution < -0.4 is 0 Å². The summed E-state index contributed by atoms with van der Waals surface area (Å²) in [5, 5.41) is 0. The molecule has 4 heteroatoms. The summed E-state index contributed by atoms with van der Waals surface area (Å²) in [5.41, 5.74) is 3.32. The first-order valence-corrected chi connectivity index (χ1v) is 6.55. The highest BCUT2D eigenvalue weighted by Gasteiger charge is 2.44. The first-order valence-electron chi connectivity index (χ1n) is 6.55. The Morgan fingerprint density at radius 2 is 2.21 bits per heavy atom. The lowest BCUT2D eigenvalue weighted by Gasteiger charge is -2.03. The highest BCUT2D eigenvalue weighted by atomic mass is 16.5. The number of carbonyl (C=O) groups excluding carboxylic acids is 1. The molecule has 98 valence electrons. The summed E-state index contributed by atoms with van der Waals surface area (Å²) < 4.78 is 5.05. The Kier molecular flexibility index (Phi) is 3.07. The van der Waals surface area contributed by atoms with Crippen LogP contribution in [0.3, 0.4) is 0 Å². The van der Waals surface area contributed by atoms with Gasteiger partial charge in [-0.15, -0.1) is 0 Å². The Hall–Kier alpha value is -2.10. The number of ether oxygens (including phenoxy) is 1. The number of aromatic amines is 1. The lowest BCUT2D eigenvalue weighted by atomic mass is 10.1. The number of nitrogens with one attached hydrogen (secondary N) is 1. The summed E-state index contributed by atoms with van der Waals surface area (Å²) in [4.78, 5) is 18.7. The number of benzene rings is 1. The van der Waals surface area contributed by atoms with Crippen LogP contribution in [0.4, 0.5) is 0 Å². The average Bonchev–Trinajstić information content (AvgIpc) is 3.05. The fourth-order valence-corrected chi connectivity index (χ4v) is 2.40. The smallest absolute Gasteiger partial charge is 0.309 e. The van der Waals surface area contributed by atoms with E-state index in [9.17, 15) is 4.79 Å². The molecule has 3 rings (SSSR count). The molecule has 4 nitrogen and oxygen atoms in total. The van der Waals surface area contributed by atoms with Crippen molar-refractivity contribution in [3.8, 4) is 11.3 Å². The van der Waals surface area contributed by atoms with Crippen molar-refractivity contribution in [2.45, 2.75) is 19.3 Å². The molecule has 0 spiro atoms. The van der Waals surface area contributed by atoms with Gasteiger partial charge in [-0.05, 0) is 30.4 Å². The van der Waals surface area contributed by atoms with Gasteiger partial charge in [0.05, 0.1) is 30.7 Å². The van der Waals surface area contributed by atoms with Crippen LogP contribution in [0.1, 0.15) is 24.8 Å². The molecule has 2 atom stereocenters.